The second-order valence-electron chi connectivity index (χ2n) is 8.84. The van der Waals surface area contributed by atoms with Gasteiger partial charge in [0, 0.05) is 5.41 Å². The normalized spacial score (nSPS) is 51.0. The van der Waals surface area contributed by atoms with Crippen molar-refractivity contribution >= 4 is 11.4 Å². The number of hydrogen-bond donors (Lipinski definition) is 3. The monoisotopic (exact) mass is 331 g/mol. The van der Waals surface area contributed by atoms with Crippen molar-refractivity contribution in [3.63, 3.8) is 0 Å². The van der Waals surface area contributed by atoms with Gasteiger partial charge in [-0.1, -0.05) is 30.7 Å². The van der Waals surface area contributed by atoms with Crippen molar-refractivity contribution in [2.24, 2.45) is 44.7 Å². The molecule has 3 saturated carbocycles. The first-order chi connectivity index (χ1) is 11.4. The van der Waals surface area contributed by atoms with E-state index in [9.17, 15) is 10.3 Å². The van der Waals surface area contributed by atoms with Gasteiger partial charge in [-0.15, -0.1) is 0 Å². The van der Waals surface area contributed by atoms with Gasteiger partial charge in [-0.05, 0) is 68.1 Å². The number of oxime groups is 1. The molecule has 0 unspecified atom stereocenters. The average molecular weight is 331 g/mol. The number of nitrogens with two attached hydrogens (primary N) is 1. The van der Waals surface area contributed by atoms with E-state index in [1.54, 1.807) is 0 Å². The minimum Gasteiger partial charge on any atom is -0.411 e. The number of nitrogens with zero attached hydrogens (tertiary/aromatic N) is 2. The van der Waals surface area contributed by atoms with E-state index in [1.807, 2.05) is 0 Å². The summed E-state index contributed by atoms with van der Waals surface area (Å²) >= 11 is 0. The van der Waals surface area contributed by atoms with Crippen molar-refractivity contribution in [3.8, 4) is 0 Å². The highest BCUT2D eigenvalue weighted by atomic mass is 16.4. The molecule has 0 amide bonds. The Labute approximate surface area is 143 Å². The van der Waals surface area contributed by atoms with Crippen molar-refractivity contribution in [1.82, 2.24) is 0 Å². The number of hydrazone groups is 1. The topological polar surface area (TPSA) is 91.2 Å². The summed E-state index contributed by atoms with van der Waals surface area (Å²) in [6.45, 7) is 4.67. The number of hydrogen-bond acceptors (Lipinski definition) is 5. The molecule has 0 spiro atoms. The summed E-state index contributed by atoms with van der Waals surface area (Å²) in [6, 6.07) is 0. The lowest BCUT2D eigenvalue weighted by atomic mass is 9.48. The second-order valence-corrected chi connectivity index (χ2v) is 8.84. The molecule has 3 fully saturated rings. The predicted octanol–water partition coefficient (Wildman–Crippen LogP) is 3.06. The van der Waals surface area contributed by atoms with Crippen LogP contribution in [0.1, 0.15) is 58.8 Å². The summed E-state index contributed by atoms with van der Waals surface area (Å²) in [6.07, 6.45) is 9.17. The number of fused-ring (bicyclic) bond motifs is 5. The van der Waals surface area contributed by atoms with Crippen LogP contribution < -0.4 is 5.84 Å². The minimum atomic E-state index is -0.162. The van der Waals surface area contributed by atoms with Crippen LogP contribution in [0.4, 0.5) is 0 Å². The molecule has 0 bridgehead atoms. The summed E-state index contributed by atoms with van der Waals surface area (Å²) in [4.78, 5) is 0. The largest absolute Gasteiger partial charge is 0.411 e. The zero-order valence-corrected chi connectivity index (χ0v) is 14.7. The van der Waals surface area contributed by atoms with Crippen LogP contribution in [0, 0.1) is 28.6 Å². The molecule has 6 atom stereocenters. The van der Waals surface area contributed by atoms with Crippen LogP contribution in [0.5, 0.6) is 0 Å². The molecular weight excluding hydrogens is 302 g/mol. The van der Waals surface area contributed by atoms with Gasteiger partial charge in [0.1, 0.15) is 5.71 Å². The third-order valence-corrected chi connectivity index (χ3v) is 7.94. The molecular formula is C19H29N3O2. The van der Waals surface area contributed by atoms with Gasteiger partial charge in [-0.2, -0.15) is 5.10 Å². The number of allylic oxidation sites excluding steroid dienone is 1. The predicted molar refractivity (Wildman–Crippen MR) is 93.9 cm³/mol. The smallest absolute Gasteiger partial charge is 0.104 e. The fourth-order valence-electron chi connectivity index (χ4n) is 6.58. The first-order valence-electron chi connectivity index (χ1n) is 9.31. The van der Waals surface area contributed by atoms with Crippen molar-refractivity contribution in [2.45, 2.75) is 64.9 Å². The van der Waals surface area contributed by atoms with Gasteiger partial charge >= 0.3 is 0 Å². The van der Waals surface area contributed by atoms with E-state index < -0.39 is 0 Å². The highest BCUT2D eigenvalue weighted by molar-refractivity contribution is 6.46. The van der Waals surface area contributed by atoms with E-state index in [-0.39, 0.29) is 16.9 Å². The molecule has 0 heterocycles. The second kappa shape index (κ2) is 5.32. The van der Waals surface area contributed by atoms with E-state index in [0.29, 0.717) is 23.5 Å². The molecule has 5 nitrogen and oxygen atoms in total. The van der Waals surface area contributed by atoms with Crippen LogP contribution in [0.3, 0.4) is 0 Å². The Kier molecular flexibility index (Phi) is 3.57. The van der Waals surface area contributed by atoms with Crippen molar-refractivity contribution in [3.05, 3.63) is 11.6 Å². The maximum absolute atomic E-state index is 10.1. The van der Waals surface area contributed by atoms with Gasteiger partial charge in [0.2, 0.25) is 0 Å². The van der Waals surface area contributed by atoms with Gasteiger partial charge in [0.25, 0.3) is 0 Å². The van der Waals surface area contributed by atoms with Crippen LogP contribution >= 0.6 is 0 Å². The van der Waals surface area contributed by atoms with Gasteiger partial charge in [-0.3, -0.25) is 0 Å². The molecule has 4 N–H and O–H groups in total. The Morgan fingerprint density at radius 1 is 1.12 bits per heavy atom. The Balaban J connectivity index is 1.72. The first kappa shape index (κ1) is 16.1. The maximum atomic E-state index is 10.1. The molecule has 4 rings (SSSR count). The lowest BCUT2D eigenvalue weighted by molar-refractivity contribution is -0.0197. The zero-order chi connectivity index (χ0) is 17.1. The van der Waals surface area contributed by atoms with Crippen LogP contribution in [-0.2, 0) is 0 Å². The SMILES string of the molecule is C[C@]12CC[C@H](O)CC1=CC[C@@H]1[C@@H]2CC[C@]2(C)C(=N/N)/C(=N\O)C[C@@H]12. The average Bonchev–Trinajstić information content (AvgIpc) is 2.87. The highest BCUT2D eigenvalue weighted by Crippen LogP contribution is 2.63. The zero-order valence-electron chi connectivity index (χ0n) is 14.7. The van der Waals surface area contributed by atoms with Gasteiger partial charge in [-0.25, -0.2) is 0 Å². The standard InChI is InChI=1S/C19H29N3O2/c1-18-7-5-12(23)9-11(18)3-4-13-14(18)6-8-19(2)15(13)10-16(22-24)17(19)21-20/h3,12-15,23-24H,4-10,20H2,1-2H3/b21-17+,22-16-/t12-,13+,14-,15-,18-,19-/m0/s1. The molecule has 5 heteroatoms. The number of aliphatic hydroxyl groups excluding tert-OH is 1. The Morgan fingerprint density at radius 2 is 1.88 bits per heavy atom. The maximum Gasteiger partial charge on any atom is 0.104 e. The number of aliphatic hydroxyl groups is 1. The third kappa shape index (κ3) is 1.97. The lowest BCUT2D eigenvalue weighted by Gasteiger charge is -2.56. The van der Waals surface area contributed by atoms with Crippen LogP contribution in [0.25, 0.3) is 0 Å². The van der Waals surface area contributed by atoms with Crippen molar-refractivity contribution in [1.29, 1.82) is 0 Å². The Morgan fingerprint density at radius 3 is 2.58 bits per heavy atom. The van der Waals surface area contributed by atoms with E-state index in [0.717, 1.165) is 44.2 Å². The molecule has 4 aliphatic carbocycles. The van der Waals surface area contributed by atoms with E-state index in [2.05, 4.69) is 30.2 Å². The van der Waals surface area contributed by atoms with Gasteiger partial charge in [0.05, 0.1) is 11.8 Å². The molecule has 0 aliphatic heterocycles. The fraction of sp³-hybridized carbons (Fsp3) is 0.789. The number of rotatable bonds is 0. The third-order valence-electron chi connectivity index (χ3n) is 7.94. The summed E-state index contributed by atoms with van der Waals surface area (Å²) in [5.41, 5.74) is 3.14. The molecule has 0 aromatic heterocycles. The molecule has 0 radical (unpaired) electrons. The van der Waals surface area contributed by atoms with E-state index in [1.165, 1.54) is 12.0 Å². The van der Waals surface area contributed by atoms with Crippen molar-refractivity contribution in [2.75, 3.05) is 0 Å². The summed E-state index contributed by atoms with van der Waals surface area (Å²) in [5, 5.41) is 27.0. The van der Waals surface area contributed by atoms with Gasteiger partial charge in [0.15, 0.2) is 0 Å². The summed E-state index contributed by atoms with van der Waals surface area (Å²) < 4.78 is 0. The van der Waals surface area contributed by atoms with Crippen LogP contribution in [-0.4, -0.2) is 27.8 Å². The van der Waals surface area contributed by atoms with E-state index >= 15 is 0 Å². The van der Waals surface area contributed by atoms with Crippen molar-refractivity contribution < 1.29 is 10.3 Å². The molecule has 0 aromatic rings. The lowest BCUT2D eigenvalue weighted by Crippen LogP contribution is -2.50. The molecule has 132 valence electrons. The highest BCUT2D eigenvalue weighted by Gasteiger charge is 2.59. The van der Waals surface area contributed by atoms with Crippen LogP contribution in [0.2, 0.25) is 0 Å². The molecule has 0 aromatic carbocycles. The minimum absolute atomic E-state index is 0.0621. The van der Waals surface area contributed by atoms with Gasteiger partial charge < -0.3 is 16.2 Å². The first-order valence-corrected chi connectivity index (χ1v) is 9.31. The molecule has 24 heavy (non-hydrogen) atoms. The molecule has 0 saturated heterocycles. The summed E-state index contributed by atoms with van der Waals surface area (Å²) in [5.74, 6) is 7.35. The Bertz CT molecular complexity index is 641. The van der Waals surface area contributed by atoms with E-state index in [4.69, 9.17) is 5.84 Å². The molecule has 4 aliphatic rings. The van der Waals surface area contributed by atoms with Crippen LogP contribution in [0.15, 0.2) is 21.9 Å². The fourth-order valence-corrected chi connectivity index (χ4v) is 6.58. The Hall–Kier alpha value is -1.36. The quantitative estimate of drug-likeness (QED) is 0.276. The summed E-state index contributed by atoms with van der Waals surface area (Å²) in [7, 11) is 0.